The van der Waals surface area contributed by atoms with E-state index < -0.39 is 10.8 Å². The Hall–Kier alpha value is -0.840. The van der Waals surface area contributed by atoms with E-state index in [0.29, 0.717) is 6.04 Å². The van der Waals surface area contributed by atoms with Gasteiger partial charge < -0.3 is 9.88 Å². The summed E-state index contributed by atoms with van der Waals surface area (Å²) in [5.74, 6) is 0.849. The van der Waals surface area contributed by atoms with E-state index in [0.717, 1.165) is 12.5 Å². The van der Waals surface area contributed by atoms with Gasteiger partial charge in [0.2, 0.25) is 5.95 Å². The van der Waals surface area contributed by atoms with Crippen molar-refractivity contribution < 1.29 is 4.21 Å². The number of aromatic nitrogens is 2. The molecule has 0 bridgehead atoms. The van der Waals surface area contributed by atoms with Gasteiger partial charge in [-0.05, 0) is 20.8 Å². The van der Waals surface area contributed by atoms with Gasteiger partial charge in [0, 0.05) is 47.3 Å². The van der Waals surface area contributed by atoms with Crippen LogP contribution in [-0.2, 0) is 17.3 Å². The Balaban J connectivity index is 2.68. The molecule has 2 unspecified atom stereocenters. The lowest BCUT2D eigenvalue weighted by Crippen LogP contribution is -2.20. The van der Waals surface area contributed by atoms with E-state index in [-0.39, 0.29) is 5.25 Å². The molecule has 0 aliphatic carbocycles. The standard InChI is InChI=1S/C10H19N3OS/c1-8(2)12-10-11-5-6-13(10)7-9(3)15(4)14/h5-6,8-9H,7H2,1-4H3,(H,11,12). The fourth-order valence-electron chi connectivity index (χ4n) is 1.24. The Morgan fingerprint density at radius 1 is 1.53 bits per heavy atom. The van der Waals surface area contributed by atoms with Crippen molar-refractivity contribution in [3.63, 3.8) is 0 Å². The SMILES string of the molecule is CC(C)Nc1nccn1CC(C)S(C)=O. The van der Waals surface area contributed by atoms with Crippen LogP contribution < -0.4 is 5.32 Å². The van der Waals surface area contributed by atoms with Gasteiger partial charge in [-0.1, -0.05) is 0 Å². The third-order valence-corrected chi connectivity index (χ3v) is 3.44. The molecule has 0 amide bonds. The van der Waals surface area contributed by atoms with Crippen molar-refractivity contribution in [1.29, 1.82) is 0 Å². The Morgan fingerprint density at radius 2 is 2.20 bits per heavy atom. The molecule has 0 spiro atoms. The second kappa shape index (κ2) is 5.30. The van der Waals surface area contributed by atoms with Crippen molar-refractivity contribution in [2.24, 2.45) is 0 Å². The van der Waals surface area contributed by atoms with E-state index >= 15 is 0 Å². The van der Waals surface area contributed by atoms with Gasteiger partial charge in [0.15, 0.2) is 0 Å². The maximum atomic E-state index is 11.3. The first-order valence-electron chi connectivity index (χ1n) is 5.10. The summed E-state index contributed by atoms with van der Waals surface area (Å²) in [7, 11) is -0.792. The van der Waals surface area contributed by atoms with Crippen LogP contribution in [0, 0.1) is 0 Å². The van der Waals surface area contributed by atoms with Gasteiger partial charge in [-0.3, -0.25) is 4.21 Å². The summed E-state index contributed by atoms with van der Waals surface area (Å²) in [5.41, 5.74) is 0. The molecule has 0 saturated carbocycles. The van der Waals surface area contributed by atoms with E-state index in [1.807, 2.05) is 17.7 Å². The van der Waals surface area contributed by atoms with Crippen molar-refractivity contribution in [3.8, 4) is 0 Å². The van der Waals surface area contributed by atoms with E-state index in [1.54, 1.807) is 12.5 Å². The highest BCUT2D eigenvalue weighted by Gasteiger charge is 2.10. The molecule has 5 heteroatoms. The molecule has 0 saturated heterocycles. The first-order valence-corrected chi connectivity index (χ1v) is 6.72. The quantitative estimate of drug-likeness (QED) is 0.831. The predicted molar refractivity (Wildman–Crippen MR) is 64.5 cm³/mol. The predicted octanol–water partition coefficient (Wildman–Crippen LogP) is 1.47. The second-order valence-corrected chi connectivity index (χ2v) is 5.81. The van der Waals surface area contributed by atoms with Crippen LogP contribution in [0.2, 0.25) is 0 Å². The molecular formula is C10H19N3OS. The molecule has 1 heterocycles. The fraction of sp³-hybridized carbons (Fsp3) is 0.700. The Labute approximate surface area is 93.5 Å². The fourth-order valence-corrected chi connectivity index (χ4v) is 1.61. The van der Waals surface area contributed by atoms with Gasteiger partial charge >= 0.3 is 0 Å². The minimum absolute atomic E-state index is 0.145. The van der Waals surface area contributed by atoms with Crippen molar-refractivity contribution in [1.82, 2.24) is 9.55 Å². The van der Waals surface area contributed by atoms with Gasteiger partial charge in [0.05, 0.1) is 0 Å². The first kappa shape index (κ1) is 12.2. The topological polar surface area (TPSA) is 46.9 Å². The number of rotatable bonds is 5. The molecular weight excluding hydrogens is 210 g/mol. The highest BCUT2D eigenvalue weighted by Crippen LogP contribution is 2.08. The number of hydrogen-bond acceptors (Lipinski definition) is 3. The second-order valence-electron chi connectivity index (χ2n) is 4.01. The van der Waals surface area contributed by atoms with Gasteiger partial charge in [-0.25, -0.2) is 4.98 Å². The van der Waals surface area contributed by atoms with Crippen LogP contribution in [0.3, 0.4) is 0 Å². The zero-order valence-electron chi connectivity index (χ0n) is 9.73. The molecule has 1 aromatic heterocycles. The maximum absolute atomic E-state index is 11.3. The molecule has 2 atom stereocenters. The molecule has 86 valence electrons. The summed E-state index contributed by atoms with van der Waals surface area (Å²) in [6.07, 6.45) is 5.40. The molecule has 1 rings (SSSR count). The average Bonchev–Trinajstić information content (AvgIpc) is 2.51. The molecule has 0 fully saturated rings. The lowest BCUT2D eigenvalue weighted by molar-refractivity contribution is 0.643. The lowest BCUT2D eigenvalue weighted by atomic mass is 10.4. The molecule has 0 aliphatic heterocycles. The molecule has 0 aliphatic rings. The van der Waals surface area contributed by atoms with Crippen molar-refractivity contribution in [2.45, 2.75) is 38.6 Å². The summed E-state index contributed by atoms with van der Waals surface area (Å²) in [6.45, 7) is 6.86. The minimum Gasteiger partial charge on any atom is -0.353 e. The Bertz CT molecular complexity index is 335. The first-order chi connectivity index (χ1) is 7.00. The van der Waals surface area contributed by atoms with Gasteiger partial charge in [0.25, 0.3) is 0 Å². The van der Waals surface area contributed by atoms with Crippen LogP contribution in [0.5, 0.6) is 0 Å². The van der Waals surface area contributed by atoms with E-state index in [1.165, 1.54) is 0 Å². The Morgan fingerprint density at radius 3 is 2.73 bits per heavy atom. The van der Waals surface area contributed by atoms with Crippen molar-refractivity contribution in [3.05, 3.63) is 12.4 Å². The zero-order valence-corrected chi connectivity index (χ0v) is 10.5. The lowest BCUT2D eigenvalue weighted by Gasteiger charge is -2.14. The molecule has 0 aromatic carbocycles. The summed E-state index contributed by atoms with van der Waals surface area (Å²) in [5, 5.41) is 3.40. The summed E-state index contributed by atoms with van der Waals surface area (Å²) in [6, 6.07) is 0.355. The summed E-state index contributed by atoms with van der Waals surface area (Å²) in [4.78, 5) is 4.22. The van der Waals surface area contributed by atoms with Crippen LogP contribution in [0.25, 0.3) is 0 Å². The monoisotopic (exact) mass is 229 g/mol. The van der Waals surface area contributed by atoms with Gasteiger partial charge in [-0.2, -0.15) is 0 Å². The summed E-state index contributed by atoms with van der Waals surface area (Å²) < 4.78 is 13.3. The van der Waals surface area contributed by atoms with E-state index in [2.05, 4.69) is 24.1 Å². The normalized spacial score (nSPS) is 15.3. The van der Waals surface area contributed by atoms with Crippen molar-refractivity contribution in [2.75, 3.05) is 11.6 Å². The number of anilines is 1. The smallest absolute Gasteiger partial charge is 0.203 e. The van der Waals surface area contributed by atoms with Crippen LogP contribution in [0.4, 0.5) is 5.95 Å². The third-order valence-electron chi connectivity index (χ3n) is 2.15. The zero-order chi connectivity index (χ0) is 11.4. The number of hydrogen-bond donors (Lipinski definition) is 1. The number of nitrogens with zero attached hydrogens (tertiary/aromatic N) is 2. The Kier molecular flexibility index (Phi) is 4.32. The molecule has 1 aromatic rings. The third kappa shape index (κ3) is 3.66. The van der Waals surface area contributed by atoms with Crippen molar-refractivity contribution >= 4 is 16.7 Å². The van der Waals surface area contributed by atoms with Crippen LogP contribution >= 0.6 is 0 Å². The van der Waals surface area contributed by atoms with E-state index in [4.69, 9.17) is 0 Å². The minimum atomic E-state index is -0.792. The largest absolute Gasteiger partial charge is 0.353 e. The highest BCUT2D eigenvalue weighted by molar-refractivity contribution is 7.84. The van der Waals surface area contributed by atoms with Crippen LogP contribution in [0.15, 0.2) is 12.4 Å². The van der Waals surface area contributed by atoms with E-state index in [9.17, 15) is 4.21 Å². The van der Waals surface area contributed by atoms with Crippen LogP contribution in [0.1, 0.15) is 20.8 Å². The highest BCUT2D eigenvalue weighted by atomic mass is 32.2. The number of nitrogens with one attached hydrogen (secondary N) is 1. The van der Waals surface area contributed by atoms with Gasteiger partial charge in [0.1, 0.15) is 0 Å². The molecule has 15 heavy (non-hydrogen) atoms. The average molecular weight is 229 g/mol. The number of imidazole rings is 1. The molecule has 1 N–H and O–H groups in total. The van der Waals surface area contributed by atoms with Gasteiger partial charge in [-0.15, -0.1) is 0 Å². The molecule has 0 radical (unpaired) electrons. The van der Waals surface area contributed by atoms with Crippen LogP contribution in [-0.4, -0.2) is 31.3 Å². The molecule has 4 nitrogen and oxygen atoms in total. The maximum Gasteiger partial charge on any atom is 0.203 e. The summed E-state index contributed by atoms with van der Waals surface area (Å²) >= 11 is 0.